The second-order valence-electron chi connectivity index (χ2n) is 16.2. The number of phosphoric ester groups is 1. The van der Waals surface area contributed by atoms with Crippen LogP contribution in [0.3, 0.4) is 0 Å². The third kappa shape index (κ3) is 16.4. The number of para-hydroxylation sites is 3. The predicted molar refractivity (Wildman–Crippen MR) is 244 cm³/mol. The number of alkyl carbamates (subject to hydrolysis) is 1. The van der Waals surface area contributed by atoms with E-state index < -0.39 is 43.4 Å². The molecule has 0 spiro atoms. The fourth-order valence-corrected chi connectivity index (χ4v) is 7.74. The summed E-state index contributed by atoms with van der Waals surface area (Å²) in [5, 5.41) is 15.7. The monoisotopic (exact) mass is 921 g/mol. The Morgan fingerprint density at radius 3 is 2.22 bits per heavy atom. The van der Waals surface area contributed by atoms with Crippen molar-refractivity contribution in [1.82, 2.24) is 36.6 Å². The minimum absolute atomic E-state index is 0.00504. The standard InChI is InChI=1S/C45H57ClN7O10P/c1-45(2,3)62-44(58)53-38(27-32-25-30-15-6-9-18-35(30)51-32)43(57)52-37(26-31-28-49-36-19-10-7-16-33(31)36)42(56)48-23-14-21-40(54)50-29-41(55)47-22-12-4-5-13-24-61-64(59,60)63-39-20-11-8-17-34(39)46/h6-11,15-20,25,28,37-38,49,51H,4-5,12-14,21-24,26-27,29H2,1-3H3,(H,47,55)(H,48,56)(H,50,54)(H,52,57)(H,53,58)(H,59,60)/t37-,38+/m1/s1. The molecule has 0 saturated carbocycles. The highest BCUT2D eigenvalue weighted by Gasteiger charge is 2.30. The lowest BCUT2D eigenvalue weighted by atomic mass is 10.0. The number of H-pyrrole nitrogens is 2. The molecule has 3 aromatic carbocycles. The summed E-state index contributed by atoms with van der Waals surface area (Å²) in [5.41, 5.74) is 2.41. The zero-order chi connectivity index (χ0) is 46.1. The number of ether oxygens (including phenoxy) is 1. The predicted octanol–water partition coefficient (Wildman–Crippen LogP) is 6.35. The number of carbonyl (C=O) groups excluding carboxylic acids is 5. The van der Waals surface area contributed by atoms with Gasteiger partial charge in [-0.1, -0.05) is 73.0 Å². The van der Waals surface area contributed by atoms with Crippen molar-refractivity contribution < 1.29 is 47.2 Å². The Labute approximate surface area is 376 Å². The normalized spacial score (nSPS) is 13.3. The van der Waals surface area contributed by atoms with E-state index in [2.05, 4.69) is 36.6 Å². The zero-order valence-electron chi connectivity index (χ0n) is 36.2. The molecule has 2 aromatic heterocycles. The summed E-state index contributed by atoms with van der Waals surface area (Å²) in [4.78, 5) is 82.1. The fourth-order valence-electron chi connectivity index (χ4n) is 6.70. The first-order valence-electron chi connectivity index (χ1n) is 21.2. The van der Waals surface area contributed by atoms with Crippen LogP contribution in [0.25, 0.3) is 21.8 Å². The molecule has 344 valence electrons. The molecule has 2 heterocycles. The Bertz CT molecular complexity index is 2380. The smallest absolute Gasteiger partial charge is 0.444 e. The highest BCUT2D eigenvalue weighted by Crippen LogP contribution is 2.45. The van der Waals surface area contributed by atoms with Gasteiger partial charge in [0.25, 0.3) is 0 Å². The van der Waals surface area contributed by atoms with E-state index in [4.69, 9.17) is 25.4 Å². The number of carbonyl (C=O) groups is 5. The summed E-state index contributed by atoms with van der Waals surface area (Å²) >= 11 is 5.96. The van der Waals surface area contributed by atoms with Crippen molar-refractivity contribution in [3.05, 3.63) is 101 Å². The average Bonchev–Trinajstić information content (AvgIpc) is 3.85. The summed E-state index contributed by atoms with van der Waals surface area (Å²) in [6, 6.07) is 21.3. The van der Waals surface area contributed by atoms with E-state index in [-0.39, 0.29) is 68.0 Å². The van der Waals surface area contributed by atoms with E-state index in [9.17, 15) is 33.4 Å². The van der Waals surface area contributed by atoms with Gasteiger partial charge in [-0.05, 0) is 81.3 Å². The lowest BCUT2D eigenvalue weighted by Gasteiger charge is -2.25. The summed E-state index contributed by atoms with van der Waals surface area (Å²) in [6.45, 7) is 5.44. The highest BCUT2D eigenvalue weighted by molar-refractivity contribution is 7.47. The molecule has 0 radical (unpaired) electrons. The van der Waals surface area contributed by atoms with Crippen LogP contribution in [-0.4, -0.2) is 88.5 Å². The zero-order valence-corrected chi connectivity index (χ0v) is 37.8. The minimum atomic E-state index is -4.32. The number of fused-ring (bicyclic) bond motifs is 2. The van der Waals surface area contributed by atoms with Crippen molar-refractivity contribution in [2.24, 2.45) is 0 Å². The van der Waals surface area contributed by atoms with Crippen molar-refractivity contribution >= 4 is 71.0 Å². The molecule has 19 heteroatoms. The van der Waals surface area contributed by atoms with Crippen LogP contribution in [0.5, 0.6) is 5.75 Å². The van der Waals surface area contributed by atoms with Gasteiger partial charge in [-0.15, -0.1) is 0 Å². The Morgan fingerprint density at radius 2 is 1.45 bits per heavy atom. The summed E-state index contributed by atoms with van der Waals surface area (Å²) in [5.74, 6) is -1.76. The Kier molecular flexibility index (Phi) is 18.2. The van der Waals surface area contributed by atoms with Crippen molar-refractivity contribution in [3.63, 3.8) is 0 Å². The molecule has 0 fully saturated rings. The molecular weight excluding hydrogens is 865 g/mol. The second-order valence-corrected chi connectivity index (χ2v) is 18.0. The number of hydrogen-bond acceptors (Lipinski definition) is 9. The van der Waals surface area contributed by atoms with Crippen molar-refractivity contribution in [2.75, 3.05) is 26.2 Å². The number of rotatable bonds is 24. The number of unbranched alkanes of at least 4 members (excludes halogenated alkanes) is 3. The van der Waals surface area contributed by atoms with Gasteiger partial charge in [0.15, 0.2) is 0 Å². The van der Waals surface area contributed by atoms with E-state index in [1.807, 2.05) is 54.6 Å². The Morgan fingerprint density at radius 1 is 0.766 bits per heavy atom. The van der Waals surface area contributed by atoms with Crippen LogP contribution in [0.2, 0.25) is 5.02 Å². The molecule has 0 aliphatic rings. The summed E-state index contributed by atoms with van der Waals surface area (Å²) in [7, 11) is -4.32. The number of amides is 5. The van der Waals surface area contributed by atoms with Gasteiger partial charge in [-0.25, -0.2) is 9.36 Å². The first-order chi connectivity index (χ1) is 30.5. The van der Waals surface area contributed by atoms with Crippen LogP contribution in [0.15, 0.2) is 85.1 Å². The van der Waals surface area contributed by atoms with Gasteiger partial charge in [-0.2, -0.15) is 0 Å². The maximum Gasteiger partial charge on any atom is 0.527 e. The van der Waals surface area contributed by atoms with Gasteiger partial charge in [0.05, 0.1) is 18.2 Å². The summed E-state index contributed by atoms with van der Waals surface area (Å²) < 4.78 is 27.7. The molecule has 3 atom stereocenters. The first-order valence-corrected chi connectivity index (χ1v) is 23.1. The molecule has 8 N–H and O–H groups in total. The maximum absolute atomic E-state index is 14.0. The quantitative estimate of drug-likeness (QED) is 0.0252. The lowest BCUT2D eigenvalue weighted by molar-refractivity contribution is -0.130. The molecule has 0 aliphatic carbocycles. The van der Waals surface area contributed by atoms with Crippen LogP contribution < -0.4 is 31.1 Å². The van der Waals surface area contributed by atoms with Crippen LogP contribution in [0, 0.1) is 0 Å². The van der Waals surface area contributed by atoms with Crippen molar-refractivity contribution in [2.45, 2.75) is 89.8 Å². The number of nitrogens with one attached hydrogen (secondary N) is 7. The minimum Gasteiger partial charge on any atom is -0.444 e. The van der Waals surface area contributed by atoms with Crippen molar-refractivity contribution in [1.29, 1.82) is 0 Å². The second kappa shape index (κ2) is 23.7. The van der Waals surface area contributed by atoms with Crippen LogP contribution in [0.4, 0.5) is 4.79 Å². The van der Waals surface area contributed by atoms with Crippen molar-refractivity contribution in [3.8, 4) is 5.75 Å². The molecule has 1 unspecified atom stereocenters. The first kappa shape index (κ1) is 49.2. The van der Waals surface area contributed by atoms with E-state index >= 15 is 0 Å². The van der Waals surface area contributed by atoms with Crippen LogP contribution in [0.1, 0.15) is 70.6 Å². The number of benzene rings is 3. The largest absolute Gasteiger partial charge is 0.527 e. The van der Waals surface area contributed by atoms with Gasteiger partial charge in [0.2, 0.25) is 23.6 Å². The molecule has 5 aromatic rings. The molecule has 0 aliphatic heterocycles. The number of phosphoric acid groups is 1. The molecule has 17 nitrogen and oxygen atoms in total. The van der Waals surface area contributed by atoms with Gasteiger partial charge in [-0.3, -0.25) is 28.6 Å². The van der Waals surface area contributed by atoms with Crippen LogP contribution >= 0.6 is 19.4 Å². The molecular formula is C45H57ClN7O10P. The molecule has 0 saturated heterocycles. The Balaban J connectivity index is 1.05. The topological polar surface area (TPSA) is 242 Å². The van der Waals surface area contributed by atoms with E-state index in [0.717, 1.165) is 33.8 Å². The number of aromatic nitrogens is 2. The molecule has 5 rings (SSSR count). The molecule has 64 heavy (non-hydrogen) atoms. The SMILES string of the molecule is CC(C)(C)OC(=O)N[C@@H](Cc1cc2ccccc2[nH]1)C(=O)N[C@H](Cc1c[nH]c2ccccc12)C(=O)NCCCC(=O)NCC(=O)NCCCCCCOP(=O)(O)Oc1ccccc1Cl. The van der Waals surface area contributed by atoms with E-state index in [1.54, 1.807) is 39.1 Å². The number of hydrogen-bond donors (Lipinski definition) is 8. The maximum atomic E-state index is 14.0. The number of aromatic amines is 2. The lowest BCUT2D eigenvalue weighted by Crippen LogP contribution is -2.55. The number of halogens is 1. The average molecular weight is 922 g/mol. The highest BCUT2D eigenvalue weighted by atomic mass is 35.5. The fraction of sp³-hybridized carbons (Fsp3) is 0.400. The van der Waals surface area contributed by atoms with Gasteiger partial charge in [0.1, 0.15) is 23.4 Å². The Hall–Kier alpha value is -5.87. The van der Waals surface area contributed by atoms with E-state index in [1.165, 1.54) is 12.1 Å². The third-order valence-electron chi connectivity index (χ3n) is 9.77. The molecule has 0 bridgehead atoms. The van der Waals surface area contributed by atoms with Gasteiger partial charge < -0.3 is 45.8 Å². The van der Waals surface area contributed by atoms with Crippen LogP contribution in [-0.2, 0) is 45.8 Å². The molecule has 5 amide bonds. The van der Waals surface area contributed by atoms with E-state index in [0.29, 0.717) is 31.5 Å². The summed E-state index contributed by atoms with van der Waals surface area (Å²) in [6.07, 6.45) is 4.08. The van der Waals surface area contributed by atoms with Gasteiger partial charge in [0, 0.05) is 60.7 Å². The van der Waals surface area contributed by atoms with Gasteiger partial charge >= 0.3 is 13.9 Å². The third-order valence-corrected chi connectivity index (χ3v) is 11.0.